The molecule has 0 saturated carbocycles. The Morgan fingerprint density at radius 1 is 1.07 bits per heavy atom. The molecule has 0 spiro atoms. The second-order valence-corrected chi connectivity index (χ2v) is 6.84. The van der Waals surface area contributed by atoms with Crippen molar-refractivity contribution in [3.8, 4) is 6.07 Å². The molecule has 0 saturated heterocycles. The molecule has 2 aromatic carbocycles. The molecule has 7 heteroatoms. The van der Waals surface area contributed by atoms with E-state index < -0.39 is 18.5 Å². The molecule has 0 radical (unpaired) electrons. The fourth-order valence-electron chi connectivity index (χ4n) is 2.32. The summed E-state index contributed by atoms with van der Waals surface area (Å²) >= 11 is 1.51. The highest BCUT2D eigenvalue weighted by Gasteiger charge is 2.15. The number of nitriles is 1. The smallest absolute Gasteiger partial charge is 0.349 e. The number of nitrogens with one attached hydrogen (secondary N) is 1. The zero-order chi connectivity index (χ0) is 20.5. The van der Waals surface area contributed by atoms with Crippen LogP contribution in [0.5, 0.6) is 0 Å². The fraction of sp³-hybridized carbons (Fsp3) is 0.0455. The van der Waals surface area contributed by atoms with Crippen LogP contribution in [-0.2, 0) is 14.3 Å². The second kappa shape index (κ2) is 9.97. The van der Waals surface area contributed by atoms with Crippen LogP contribution in [0.3, 0.4) is 0 Å². The quantitative estimate of drug-likeness (QED) is 0.354. The van der Waals surface area contributed by atoms with E-state index in [0.29, 0.717) is 11.4 Å². The zero-order valence-corrected chi connectivity index (χ0v) is 16.0. The summed E-state index contributed by atoms with van der Waals surface area (Å²) in [6.07, 6.45) is 2.68. The summed E-state index contributed by atoms with van der Waals surface area (Å²) in [4.78, 5) is 26.1. The van der Waals surface area contributed by atoms with E-state index in [1.807, 2.05) is 42.5 Å². The van der Waals surface area contributed by atoms with Gasteiger partial charge < -0.3 is 14.5 Å². The summed E-state index contributed by atoms with van der Waals surface area (Å²) in [5.74, 6) is -1.06. The number of carbonyl (C=O) groups is 2. The van der Waals surface area contributed by atoms with Gasteiger partial charge >= 0.3 is 5.97 Å². The van der Waals surface area contributed by atoms with Gasteiger partial charge in [0.05, 0.1) is 12.0 Å². The van der Waals surface area contributed by atoms with E-state index >= 15 is 0 Å². The number of benzene rings is 2. The maximum atomic E-state index is 12.2. The first-order valence-corrected chi connectivity index (χ1v) is 9.41. The Bertz CT molecular complexity index is 1050. The van der Waals surface area contributed by atoms with E-state index in [4.69, 9.17) is 14.4 Å². The van der Waals surface area contributed by atoms with Crippen LogP contribution in [0.15, 0.2) is 92.8 Å². The number of amides is 1. The van der Waals surface area contributed by atoms with Gasteiger partial charge in [0.25, 0.3) is 5.91 Å². The van der Waals surface area contributed by atoms with E-state index in [1.165, 1.54) is 24.1 Å². The van der Waals surface area contributed by atoms with Crippen LogP contribution in [-0.4, -0.2) is 18.5 Å². The summed E-state index contributed by atoms with van der Waals surface area (Å²) in [5, 5.41) is 11.8. The molecule has 3 rings (SSSR count). The minimum atomic E-state index is -0.897. The lowest BCUT2D eigenvalue weighted by Gasteiger charge is -2.11. The van der Waals surface area contributed by atoms with Crippen molar-refractivity contribution in [3.05, 3.63) is 84.3 Å². The maximum absolute atomic E-state index is 12.2. The van der Waals surface area contributed by atoms with Crippen molar-refractivity contribution in [1.82, 2.24) is 0 Å². The Morgan fingerprint density at radius 3 is 2.55 bits per heavy atom. The number of para-hydroxylation sites is 1. The predicted octanol–water partition coefficient (Wildman–Crippen LogP) is 4.52. The largest absolute Gasteiger partial charge is 0.465 e. The average molecular weight is 404 g/mol. The van der Waals surface area contributed by atoms with Crippen molar-refractivity contribution >= 4 is 35.4 Å². The molecular weight excluding hydrogens is 388 g/mol. The minimum Gasteiger partial charge on any atom is -0.465 e. The number of furan rings is 1. The SMILES string of the molecule is N#C/C(=C\c1ccco1)C(=O)OCC(=O)Nc1ccccc1Sc1ccccc1. The van der Waals surface area contributed by atoms with E-state index in [0.717, 1.165) is 9.79 Å². The number of ether oxygens (including phenoxy) is 1. The molecular formula is C22H16N2O4S. The molecule has 0 atom stereocenters. The van der Waals surface area contributed by atoms with Crippen LogP contribution in [0, 0.1) is 11.3 Å². The summed E-state index contributed by atoms with van der Waals surface area (Å²) in [5.41, 5.74) is 0.349. The van der Waals surface area contributed by atoms with Gasteiger partial charge in [-0.3, -0.25) is 4.79 Å². The number of nitrogens with zero attached hydrogens (tertiary/aromatic N) is 1. The Labute approximate surface area is 171 Å². The van der Waals surface area contributed by atoms with E-state index in [-0.39, 0.29) is 5.57 Å². The third kappa shape index (κ3) is 5.86. The number of carbonyl (C=O) groups excluding carboxylic acids is 2. The van der Waals surface area contributed by atoms with Gasteiger partial charge in [0.2, 0.25) is 0 Å². The normalized spacial score (nSPS) is 10.8. The van der Waals surface area contributed by atoms with Crippen LogP contribution < -0.4 is 5.32 Å². The molecule has 0 aliphatic rings. The number of anilines is 1. The molecule has 0 aliphatic heterocycles. The molecule has 1 amide bonds. The first-order chi connectivity index (χ1) is 14.2. The zero-order valence-electron chi connectivity index (χ0n) is 15.2. The highest BCUT2D eigenvalue weighted by atomic mass is 32.2. The Kier molecular flexibility index (Phi) is 6.87. The van der Waals surface area contributed by atoms with Crippen molar-refractivity contribution in [1.29, 1.82) is 5.26 Å². The van der Waals surface area contributed by atoms with Crippen molar-refractivity contribution in [2.24, 2.45) is 0 Å². The van der Waals surface area contributed by atoms with Crippen molar-refractivity contribution < 1.29 is 18.7 Å². The van der Waals surface area contributed by atoms with Crippen LogP contribution in [0.2, 0.25) is 0 Å². The second-order valence-electron chi connectivity index (χ2n) is 5.72. The maximum Gasteiger partial charge on any atom is 0.349 e. The van der Waals surface area contributed by atoms with Gasteiger partial charge in [-0.05, 0) is 36.4 Å². The monoisotopic (exact) mass is 404 g/mol. The Balaban J connectivity index is 1.60. The molecule has 29 heavy (non-hydrogen) atoms. The molecule has 0 unspecified atom stereocenters. The minimum absolute atomic E-state index is 0.257. The molecule has 1 N–H and O–H groups in total. The Morgan fingerprint density at radius 2 is 1.83 bits per heavy atom. The van der Waals surface area contributed by atoms with Gasteiger partial charge in [-0.25, -0.2) is 4.79 Å². The molecule has 6 nitrogen and oxygen atoms in total. The standard InChI is InChI=1S/C22H16N2O4S/c23-14-16(13-17-7-6-12-27-17)22(26)28-15-21(25)24-19-10-4-5-11-20(19)29-18-8-2-1-3-9-18/h1-13H,15H2,(H,24,25)/b16-13+. The predicted molar refractivity (Wildman–Crippen MR) is 109 cm³/mol. The van der Waals surface area contributed by atoms with Crippen LogP contribution in [0.4, 0.5) is 5.69 Å². The van der Waals surface area contributed by atoms with Gasteiger partial charge in [0.15, 0.2) is 6.61 Å². The van der Waals surface area contributed by atoms with E-state index in [2.05, 4.69) is 5.32 Å². The van der Waals surface area contributed by atoms with Crippen molar-refractivity contribution in [2.75, 3.05) is 11.9 Å². The Hall–Kier alpha value is -3.76. The van der Waals surface area contributed by atoms with Gasteiger partial charge in [-0.2, -0.15) is 5.26 Å². The highest BCUT2D eigenvalue weighted by Crippen LogP contribution is 2.33. The van der Waals surface area contributed by atoms with Crippen molar-refractivity contribution in [3.63, 3.8) is 0 Å². The molecule has 3 aromatic rings. The lowest BCUT2D eigenvalue weighted by atomic mass is 10.2. The first kappa shape index (κ1) is 20.0. The number of rotatable bonds is 7. The van der Waals surface area contributed by atoms with Gasteiger partial charge in [0, 0.05) is 15.9 Å². The molecule has 0 fully saturated rings. The van der Waals surface area contributed by atoms with Gasteiger partial charge in [0.1, 0.15) is 17.4 Å². The third-order valence-corrected chi connectivity index (χ3v) is 4.72. The lowest BCUT2D eigenvalue weighted by Crippen LogP contribution is -2.21. The lowest BCUT2D eigenvalue weighted by molar-refractivity contribution is -0.142. The summed E-state index contributed by atoms with van der Waals surface area (Å²) in [6.45, 7) is -0.514. The molecule has 1 aromatic heterocycles. The average Bonchev–Trinajstić information content (AvgIpc) is 3.26. The van der Waals surface area contributed by atoms with Crippen LogP contribution in [0.1, 0.15) is 5.76 Å². The summed E-state index contributed by atoms with van der Waals surface area (Å²) in [6, 6.07) is 22.0. The van der Waals surface area contributed by atoms with Gasteiger partial charge in [-0.1, -0.05) is 42.1 Å². The number of esters is 1. The third-order valence-electron chi connectivity index (χ3n) is 3.64. The molecule has 1 heterocycles. The van der Waals surface area contributed by atoms with E-state index in [9.17, 15) is 9.59 Å². The summed E-state index contributed by atoms with van der Waals surface area (Å²) in [7, 11) is 0. The molecule has 144 valence electrons. The number of hydrogen-bond acceptors (Lipinski definition) is 6. The fourth-order valence-corrected chi connectivity index (χ4v) is 3.24. The first-order valence-electron chi connectivity index (χ1n) is 8.60. The van der Waals surface area contributed by atoms with Gasteiger partial charge in [-0.15, -0.1) is 0 Å². The molecule has 0 bridgehead atoms. The van der Waals surface area contributed by atoms with Crippen molar-refractivity contribution in [2.45, 2.75) is 9.79 Å². The summed E-state index contributed by atoms with van der Waals surface area (Å²) < 4.78 is 10.0. The topological polar surface area (TPSA) is 92.3 Å². The highest BCUT2D eigenvalue weighted by molar-refractivity contribution is 7.99. The van der Waals surface area contributed by atoms with Crippen LogP contribution >= 0.6 is 11.8 Å². The number of hydrogen-bond donors (Lipinski definition) is 1. The molecule has 0 aliphatic carbocycles. The van der Waals surface area contributed by atoms with Crippen LogP contribution in [0.25, 0.3) is 6.08 Å². The van der Waals surface area contributed by atoms with E-state index in [1.54, 1.807) is 30.3 Å².